The van der Waals surface area contributed by atoms with Crippen molar-refractivity contribution in [2.24, 2.45) is 0 Å². The van der Waals surface area contributed by atoms with Crippen molar-refractivity contribution < 1.29 is 14.1 Å². The summed E-state index contributed by atoms with van der Waals surface area (Å²) in [6.07, 6.45) is 0.849. The van der Waals surface area contributed by atoms with E-state index in [0.717, 1.165) is 11.8 Å². The second-order valence-corrected chi connectivity index (χ2v) is 3.08. The molecule has 5 heteroatoms. The van der Waals surface area contributed by atoms with E-state index in [1.54, 1.807) is 7.11 Å². The van der Waals surface area contributed by atoms with E-state index in [0.29, 0.717) is 17.5 Å². The molecule has 0 aliphatic rings. The predicted octanol–water partition coefficient (Wildman–Crippen LogP) is 1.49. The van der Waals surface area contributed by atoms with Crippen molar-refractivity contribution in [3.8, 4) is 17.1 Å². The van der Waals surface area contributed by atoms with E-state index in [1.807, 2.05) is 24.3 Å². The number of hydrogen-bond donors (Lipinski definition) is 0. The van der Waals surface area contributed by atoms with Gasteiger partial charge in [-0.25, -0.2) is 0 Å². The van der Waals surface area contributed by atoms with Crippen LogP contribution < -0.4 is 4.74 Å². The van der Waals surface area contributed by atoms with Gasteiger partial charge in [0.25, 0.3) is 0 Å². The van der Waals surface area contributed by atoms with Gasteiger partial charge in [0.2, 0.25) is 11.7 Å². The Hall–Kier alpha value is -2.17. The first-order chi connectivity index (χ1) is 7.85. The van der Waals surface area contributed by atoms with Crippen LogP contribution in [0.15, 0.2) is 28.8 Å². The van der Waals surface area contributed by atoms with Gasteiger partial charge in [0.05, 0.1) is 19.1 Å². The number of ether oxygens (including phenoxy) is 1. The summed E-state index contributed by atoms with van der Waals surface area (Å²) in [6, 6.07) is 7.35. The Kier molecular flexibility index (Phi) is 2.95. The molecular weight excluding hydrogens is 208 g/mol. The lowest BCUT2D eigenvalue weighted by Gasteiger charge is -2.02. The summed E-state index contributed by atoms with van der Waals surface area (Å²) in [7, 11) is 1.57. The van der Waals surface area contributed by atoms with Gasteiger partial charge in [-0.1, -0.05) is 17.3 Å². The molecule has 5 nitrogen and oxygen atoms in total. The molecule has 2 rings (SSSR count). The molecule has 0 bridgehead atoms. The maximum absolute atomic E-state index is 10.3. The van der Waals surface area contributed by atoms with Gasteiger partial charge in [-0.3, -0.25) is 0 Å². The third kappa shape index (κ3) is 1.93. The average Bonchev–Trinajstić information content (AvgIpc) is 2.78. The van der Waals surface area contributed by atoms with Gasteiger partial charge >= 0.3 is 0 Å². The summed E-state index contributed by atoms with van der Waals surface area (Å²) in [5.41, 5.74) is 0.742. The molecular formula is C11H10N2O3. The third-order valence-electron chi connectivity index (χ3n) is 2.07. The van der Waals surface area contributed by atoms with Crippen molar-refractivity contribution in [3.05, 3.63) is 30.2 Å². The smallest absolute Gasteiger partial charge is 0.234 e. The van der Waals surface area contributed by atoms with Crippen LogP contribution in [0.2, 0.25) is 0 Å². The van der Waals surface area contributed by atoms with Gasteiger partial charge < -0.3 is 14.1 Å². The summed E-state index contributed by atoms with van der Waals surface area (Å²) >= 11 is 0. The number of carbonyl (C=O) groups excluding carboxylic acids is 1. The van der Waals surface area contributed by atoms with Crippen LogP contribution in [0.3, 0.4) is 0 Å². The second-order valence-electron chi connectivity index (χ2n) is 3.08. The van der Waals surface area contributed by atoms with Crippen LogP contribution in [0.1, 0.15) is 5.89 Å². The summed E-state index contributed by atoms with van der Waals surface area (Å²) in [4.78, 5) is 14.4. The van der Waals surface area contributed by atoms with E-state index in [9.17, 15) is 4.79 Å². The van der Waals surface area contributed by atoms with Crippen molar-refractivity contribution >= 4 is 6.29 Å². The SMILES string of the molecule is COc1ccccc1-c1noc(CC=O)n1. The standard InChI is InChI=1S/C11H10N2O3/c1-15-9-5-3-2-4-8(9)11-12-10(6-7-14)16-13-11/h2-5,7H,6H2,1H3. The normalized spacial score (nSPS) is 10.1. The molecule has 0 N–H and O–H groups in total. The molecule has 0 aliphatic carbocycles. The van der Waals surface area contributed by atoms with Crippen LogP contribution in [0, 0.1) is 0 Å². The Balaban J connectivity index is 2.38. The minimum atomic E-state index is 0.127. The van der Waals surface area contributed by atoms with Crippen molar-refractivity contribution in [3.63, 3.8) is 0 Å². The minimum absolute atomic E-state index is 0.127. The summed E-state index contributed by atoms with van der Waals surface area (Å²) < 4.78 is 10.1. The lowest BCUT2D eigenvalue weighted by atomic mass is 10.2. The number of rotatable bonds is 4. The highest BCUT2D eigenvalue weighted by Gasteiger charge is 2.11. The molecule has 1 heterocycles. The highest BCUT2D eigenvalue weighted by molar-refractivity contribution is 5.63. The molecule has 2 aromatic rings. The van der Waals surface area contributed by atoms with Crippen LogP contribution in [0.5, 0.6) is 5.75 Å². The van der Waals surface area contributed by atoms with Crippen LogP contribution >= 0.6 is 0 Å². The Morgan fingerprint density at radius 3 is 3.00 bits per heavy atom. The van der Waals surface area contributed by atoms with Crippen LogP contribution in [0.25, 0.3) is 11.4 Å². The van der Waals surface area contributed by atoms with E-state index in [2.05, 4.69) is 10.1 Å². The molecule has 0 fully saturated rings. The van der Waals surface area contributed by atoms with Crippen LogP contribution in [-0.2, 0) is 11.2 Å². The Morgan fingerprint density at radius 1 is 1.44 bits per heavy atom. The summed E-state index contributed by atoms with van der Waals surface area (Å²) in [5, 5.41) is 3.79. The first kappa shape index (κ1) is 10.4. The number of aromatic nitrogens is 2. The zero-order valence-corrected chi connectivity index (χ0v) is 8.71. The van der Waals surface area contributed by atoms with Gasteiger partial charge in [-0.2, -0.15) is 4.98 Å². The maximum atomic E-state index is 10.3. The Bertz CT molecular complexity index is 493. The predicted molar refractivity (Wildman–Crippen MR) is 56.1 cm³/mol. The lowest BCUT2D eigenvalue weighted by molar-refractivity contribution is -0.107. The third-order valence-corrected chi connectivity index (χ3v) is 2.07. The van der Waals surface area contributed by atoms with Gasteiger partial charge in [0.15, 0.2) is 0 Å². The van der Waals surface area contributed by atoms with E-state index in [-0.39, 0.29) is 6.42 Å². The molecule has 0 unspecified atom stereocenters. The highest BCUT2D eigenvalue weighted by Crippen LogP contribution is 2.26. The number of hydrogen-bond acceptors (Lipinski definition) is 5. The first-order valence-electron chi connectivity index (χ1n) is 4.74. The van der Waals surface area contributed by atoms with Gasteiger partial charge in [-0.15, -0.1) is 0 Å². The number of para-hydroxylation sites is 1. The molecule has 0 amide bonds. The summed E-state index contributed by atoms with van der Waals surface area (Å²) in [5.74, 6) is 1.39. The Labute approximate surface area is 92.0 Å². The number of carbonyl (C=O) groups is 1. The average molecular weight is 218 g/mol. The van der Waals surface area contributed by atoms with Crippen molar-refractivity contribution in [1.29, 1.82) is 0 Å². The van der Waals surface area contributed by atoms with E-state index < -0.39 is 0 Å². The van der Waals surface area contributed by atoms with E-state index in [1.165, 1.54) is 0 Å². The molecule has 0 radical (unpaired) electrons. The first-order valence-corrected chi connectivity index (χ1v) is 4.74. The molecule has 0 spiro atoms. The van der Waals surface area contributed by atoms with Gasteiger partial charge in [-0.05, 0) is 12.1 Å². The van der Waals surface area contributed by atoms with Crippen LogP contribution in [0.4, 0.5) is 0 Å². The molecule has 0 saturated carbocycles. The molecule has 0 saturated heterocycles. The van der Waals surface area contributed by atoms with E-state index >= 15 is 0 Å². The van der Waals surface area contributed by atoms with Gasteiger partial charge in [0.1, 0.15) is 12.0 Å². The number of aldehydes is 1. The highest BCUT2D eigenvalue weighted by atomic mass is 16.5. The molecule has 0 atom stereocenters. The number of methoxy groups -OCH3 is 1. The minimum Gasteiger partial charge on any atom is -0.496 e. The topological polar surface area (TPSA) is 65.2 Å². The fraction of sp³-hybridized carbons (Fsp3) is 0.182. The molecule has 16 heavy (non-hydrogen) atoms. The molecule has 82 valence electrons. The second kappa shape index (κ2) is 4.57. The monoisotopic (exact) mass is 218 g/mol. The zero-order chi connectivity index (χ0) is 11.4. The van der Waals surface area contributed by atoms with Crippen LogP contribution in [-0.4, -0.2) is 23.5 Å². The molecule has 1 aromatic heterocycles. The Morgan fingerprint density at radius 2 is 2.25 bits per heavy atom. The largest absolute Gasteiger partial charge is 0.496 e. The quantitative estimate of drug-likeness (QED) is 0.727. The maximum Gasteiger partial charge on any atom is 0.234 e. The van der Waals surface area contributed by atoms with E-state index in [4.69, 9.17) is 9.26 Å². The van der Waals surface area contributed by atoms with Gasteiger partial charge in [0, 0.05) is 0 Å². The summed E-state index contributed by atoms with van der Waals surface area (Å²) in [6.45, 7) is 0. The number of benzene rings is 1. The fourth-order valence-corrected chi connectivity index (χ4v) is 1.35. The molecule has 0 aliphatic heterocycles. The van der Waals surface area contributed by atoms with Crippen molar-refractivity contribution in [2.45, 2.75) is 6.42 Å². The number of nitrogens with zero attached hydrogens (tertiary/aromatic N) is 2. The van der Waals surface area contributed by atoms with Crippen molar-refractivity contribution in [1.82, 2.24) is 10.1 Å². The fourth-order valence-electron chi connectivity index (χ4n) is 1.35. The lowest BCUT2D eigenvalue weighted by Crippen LogP contribution is -1.89. The molecule has 1 aromatic carbocycles. The zero-order valence-electron chi connectivity index (χ0n) is 8.71. The van der Waals surface area contributed by atoms with Crippen molar-refractivity contribution in [2.75, 3.05) is 7.11 Å².